The summed E-state index contributed by atoms with van der Waals surface area (Å²) in [5.41, 5.74) is 2.44. The Balaban J connectivity index is 1.84. The fourth-order valence-corrected chi connectivity index (χ4v) is 3.78. The maximum Gasteiger partial charge on any atom is 0.255 e. The molecule has 0 atom stereocenters. The van der Waals surface area contributed by atoms with E-state index in [4.69, 9.17) is 0 Å². The van der Waals surface area contributed by atoms with Gasteiger partial charge in [-0.25, -0.2) is 4.68 Å². The van der Waals surface area contributed by atoms with E-state index in [0.29, 0.717) is 10.3 Å². The first-order valence-corrected chi connectivity index (χ1v) is 9.43. The molecule has 0 bridgehead atoms. The summed E-state index contributed by atoms with van der Waals surface area (Å²) in [6, 6.07) is 15.2. The molecule has 5 nitrogen and oxygen atoms in total. The molecule has 2 aromatic carbocycles. The zero-order valence-electron chi connectivity index (χ0n) is 13.9. The number of hydrogen-bond donors (Lipinski definition) is 1. The van der Waals surface area contributed by atoms with Crippen LogP contribution in [0.3, 0.4) is 0 Å². The SMILES string of the molecule is CCn1nc(Br)nc1Sc1ccccc1NC(=O)c1cccc(C)c1. The topological polar surface area (TPSA) is 59.8 Å². The van der Waals surface area contributed by atoms with Crippen molar-refractivity contribution in [1.82, 2.24) is 14.8 Å². The van der Waals surface area contributed by atoms with E-state index in [1.54, 1.807) is 0 Å². The molecule has 0 aliphatic carbocycles. The Hall–Kier alpha value is -2.12. The van der Waals surface area contributed by atoms with Gasteiger partial charge >= 0.3 is 0 Å². The first-order valence-electron chi connectivity index (χ1n) is 7.82. The first kappa shape index (κ1) is 17.7. The van der Waals surface area contributed by atoms with Gasteiger partial charge in [-0.15, -0.1) is 5.10 Å². The van der Waals surface area contributed by atoms with Gasteiger partial charge in [0, 0.05) is 17.0 Å². The van der Waals surface area contributed by atoms with E-state index < -0.39 is 0 Å². The number of carbonyl (C=O) groups is 1. The van der Waals surface area contributed by atoms with Crippen LogP contribution in [0.2, 0.25) is 0 Å². The van der Waals surface area contributed by atoms with Crippen LogP contribution in [-0.4, -0.2) is 20.7 Å². The Kier molecular flexibility index (Phi) is 5.55. The fourth-order valence-electron chi connectivity index (χ4n) is 2.32. The van der Waals surface area contributed by atoms with E-state index in [1.807, 2.05) is 67.1 Å². The van der Waals surface area contributed by atoms with Crippen molar-refractivity contribution >= 4 is 39.3 Å². The van der Waals surface area contributed by atoms with Gasteiger partial charge in [0.05, 0.1) is 5.69 Å². The van der Waals surface area contributed by atoms with Gasteiger partial charge in [-0.1, -0.05) is 29.8 Å². The second-order valence-corrected chi connectivity index (χ2v) is 7.12. The summed E-state index contributed by atoms with van der Waals surface area (Å²) in [5, 5.41) is 8.05. The number of nitrogens with zero attached hydrogens (tertiary/aromatic N) is 3. The Morgan fingerprint density at radius 1 is 1.24 bits per heavy atom. The second kappa shape index (κ2) is 7.84. The number of aryl methyl sites for hydroxylation is 2. The minimum Gasteiger partial charge on any atom is -0.321 e. The van der Waals surface area contributed by atoms with E-state index in [0.717, 1.165) is 27.8 Å². The summed E-state index contributed by atoms with van der Waals surface area (Å²) < 4.78 is 2.37. The number of anilines is 1. The highest BCUT2D eigenvalue weighted by Gasteiger charge is 2.13. The van der Waals surface area contributed by atoms with Crippen LogP contribution in [0.25, 0.3) is 0 Å². The molecule has 3 aromatic rings. The highest BCUT2D eigenvalue weighted by Crippen LogP contribution is 2.33. The maximum atomic E-state index is 12.5. The van der Waals surface area contributed by atoms with E-state index in [9.17, 15) is 4.79 Å². The summed E-state index contributed by atoms with van der Waals surface area (Å²) in [4.78, 5) is 17.8. The standard InChI is InChI=1S/C18H17BrN4OS/c1-3-23-18(21-17(19)22-23)25-15-10-5-4-9-14(15)20-16(24)13-8-6-7-12(2)11-13/h4-11H,3H2,1-2H3,(H,20,24). The molecule has 25 heavy (non-hydrogen) atoms. The van der Waals surface area contributed by atoms with Crippen molar-refractivity contribution < 1.29 is 4.79 Å². The van der Waals surface area contributed by atoms with E-state index >= 15 is 0 Å². The van der Waals surface area contributed by atoms with E-state index in [-0.39, 0.29) is 5.91 Å². The van der Waals surface area contributed by atoms with Crippen molar-refractivity contribution in [3.05, 3.63) is 64.4 Å². The first-order chi connectivity index (χ1) is 12.1. The van der Waals surface area contributed by atoms with E-state index in [2.05, 4.69) is 31.3 Å². The Bertz CT molecular complexity index is 910. The van der Waals surface area contributed by atoms with Crippen LogP contribution in [0.5, 0.6) is 0 Å². The molecule has 128 valence electrons. The molecule has 0 saturated heterocycles. The minimum absolute atomic E-state index is 0.130. The third-order valence-corrected chi connectivity index (χ3v) is 4.92. The molecule has 1 heterocycles. The molecule has 1 aromatic heterocycles. The lowest BCUT2D eigenvalue weighted by Crippen LogP contribution is -2.12. The van der Waals surface area contributed by atoms with E-state index in [1.165, 1.54) is 11.8 Å². The summed E-state index contributed by atoms with van der Waals surface area (Å²) in [6.45, 7) is 4.70. The molecule has 0 radical (unpaired) electrons. The van der Waals surface area contributed by atoms with Crippen LogP contribution in [0.1, 0.15) is 22.8 Å². The van der Waals surface area contributed by atoms with Crippen molar-refractivity contribution in [3.8, 4) is 0 Å². The predicted molar refractivity (Wildman–Crippen MR) is 103 cm³/mol. The van der Waals surface area contributed by atoms with Crippen molar-refractivity contribution in [2.45, 2.75) is 30.4 Å². The lowest BCUT2D eigenvalue weighted by molar-refractivity contribution is 0.102. The molecule has 0 saturated carbocycles. The third kappa shape index (κ3) is 4.29. The Morgan fingerprint density at radius 2 is 2.04 bits per heavy atom. The van der Waals surface area contributed by atoms with Gasteiger partial charge in [0.2, 0.25) is 4.73 Å². The van der Waals surface area contributed by atoms with Gasteiger partial charge in [0.15, 0.2) is 5.16 Å². The number of rotatable bonds is 5. The molecule has 0 spiro atoms. The average molecular weight is 417 g/mol. The molecular weight excluding hydrogens is 400 g/mol. The molecule has 0 fully saturated rings. The number of amides is 1. The third-order valence-electron chi connectivity index (χ3n) is 3.53. The highest BCUT2D eigenvalue weighted by molar-refractivity contribution is 9.10. The van der Waals surface area contributed by atoms with Gasteiger partial charge < -0.3 is 5.32 Å². The second-order valence-electron chi connectivity index (χ2n) is 5.40. The molecule has 7 heteroatoms. The largest absolute Gasteiger partial charge is 0.321 e. The summed E-state index contributed by atoms with van der Waals surface area (Å²) in [7, 11) is 0. The monoisotopic (exact) mass is 416 g/mol. The van der Waals surface area contributed by atoms with Crippen molar-refractivity contribution in [2.24, 2.45) is 0 Å². The number of benzene rings is 2. The summed E-state index contributed by atoms with van der Waals surface area (Å²) in [5.74, 6) is -0.130. The summed E-state index contributed by atoms with van der Waals surface area (Å²) in [6.07, 6.45) is 0. The van der Waals surface area contributed by atoms with Crippen LogP contribution in [-0.2, 0) is 6.54 Å². The number of nitrogens with one attached hydrogen (secondary N) is 1. The van der Waals surface area contributed by atoms with Crippen molar-refractivity contribution in [3.63, 3.8) is 0 Å². The van der Waals surface area contributed by atoms with Gasteiger partial charge in [-0.05, 0) is 65.8 Å². The van der Waals surface area contributed by atoms with Gasteiger partial charge in [0.25, 0.3) is 5.91 Å². The number of hydrogen-bond acceptors (Lipinski definition) is 4. The smallest absolute Gasteiger partial charge is 0.255 e. The fraction of sp³-hybridized carbons (Fsp3) is 0.167. The van der Waals surface area contributed by atoms with Gasteiger partial charge in [-0.3, -0.25) is 4.79 Å². The quantitative estimate of drug-likeness (QED) is 0.650. The maximum absolute atomic E-state index is 12.5. The number of carbonyl (C=O) groups excluding carboxylic acids is 1. The Labute approximate surface area is 159 Å². The number of aromatic nitrogens is 3. The molecule has 1 N–H and O–H groups in total. The predicted octanol–water partition coefficient (Wildman–Crippen LogP) is 4.77. The zero-order valence-corrected chi connectivity index (χ0v) is 16.3. The number of para-hydroxylation sites is 1. The molecule has 0 aliphatic rings. The molecule has 1 amide bonds. The molecule has 3 rings (SSSR count). The van der Waals surface area contributed by atoms with Crippen LogP contribution < -0.4 is 5.32 Å². The average Bonchev–Trinajstić information content (AvgIpc) is 2.96. The molecular formula is C18H17BrN4OS. The van der Waals surface area contributed by atoms with Gasteiger partial charge in [0.1, 0.15) is 0 Å². The summed E-state index contributed by atoms with van der Waals surface area (Å²) >= 11 is 4.78. The molecule has 0 unspecified atom stereocenters. The van der Waals surface area contributed by atoms with Crippen LogP contribution in [0, 0.1) is 6.92 Å². The molecule has 0 aliphatic heterocycles. The van der Waals surface area contributed by atoms with Crippen molar-refractivity contribution in [2.75, 3.05) is 5.32 Å². The van der Waals surface area contributed by atoms with Crippen LogP contribution >= 0.6 is 27.7 Å². The lowest BCUT2D eigenvalue weighted by atomic mass is 10.1. The zero-order chi connectivity index (χ0) is 17.8. The van der Waals surface area contributed by atoms with Crippen LogP contribution in [0.15, 0.2) is 63.3 Å². The lowest BCUT2D eigenvalue weighted by Gasteiger charge is -2.11. The highest BCUT2D eigenvalue weighted by atomic mass is 79.9. The minimum atomic E-state index is -0.130. The van der Waals surface area contributed by atoms with Gasteiger partial charge in [-0.2, -0.15) is 4.98 Å². The number of halogens is 1. The van der Waals surface area contributed by atoms with Crippen molar-refractivity contribution in [1.29, 1.82) is 0 Å². The normalized spacial score (nSPS) is 10.7. The van der Waals surface area contributed by atoms with Crippen LogP contribution in [0.4, 0.5) is 5.69 Å². The Morgan fingerprint density at radius 3 is 2.80 bits per heavy atom.